The van der Waals surface area contributed by atoms with Crippen LogP contribution in [0.25, 0.3) is 11.4 Å². The van der Waals surface area contributed by atoms with Crippen LogP contribution < -0.4 is 0 Å². The largest absolute Gasteiger partial charge is 0.340 e. The van der Waals surface area contributed by atoms with E-state index in [0.717, 1.165) is 32.7 Å². The van der Waals surface area contributed by atoms with Gasteiger partial charge in [0.25, 0.3) is 0 Å². The SMILES string of the molecule is Cc1ccccc1CN1CCN(C(=O)CCc2nc(-c3ccc(F)cc3)no2)CC1. The van der Waals surface area contributed by atoms with E-state index in [1.807, 2.05) is 4.90 Å². The van der Waals surface area contributed by atoms with Crippen LogP contribution >= 0.6 is 0 Å². The van der Waals surface area contributed by atoms with Crippen molar-refractivity contribution in [2.24, 2.45) is 0 Å². The van der Waals surface area contributed by atoms with Crippen molar-refractivity contribution in [3.8, 4) is 11.4 Å². The minimum atomic E-state index is -0.313. The summed E-state index contributed by atoms with van der Waals surface area (Å²) >= 11 is 0. The molecule has 2 heterocycles. The smallest absolute Gasteiger partial charge is 0.227 e. The lowest BCUT2D eigenvalue weighted by atomic mass is 10.1. The summed E-state index contributed by atoms with van der Waals surface area (Å²) in [5, 5.41) is 3.92. The Morgan fingerprint density at radius 1 is 1.07 bits per heavy atom. The van der Waals surface area contributed by atoms with Gasteiger partial charge >= 0.3 is 0 Å². The first-order chi connectivity index (χ1) is 14.6. The summed E-state index contributed by atoms with van der Waals surface area (Å²) in [7, 11) is 0. The summed E-state index contributed by atoms with van der Waals surface area (Å²) in [5.74, 6) is 0.613. The molecular formula is C23H25FN4O2. The molecule has 0 unspecified atom stereocenters. The van der Waals surface area contributed by atoms with Crippen molar-refractivity contribution >= 4 is 5.91 Å². The van der Waals surface area contributed by atoms with Crippen LogP contribution in [-0.4, -0.2) is 52.0 Å². The molecule has 156 valence electrons. The summed E-state index contributed by atoms with van der Waals surface area (Å²) in [4.78, 5) is 21.2. The zero-order valence-electron chi connectivity index (χ0n) is 17.1. The molecule has 1 aromatic heterocycles. The van der Waals surface area contributed by atoms with Crippen molar-refractivity contribution in [1.82, 2.24) is 19.9 Å². The first kappa shape index (κ1) is 20.2. The lowest BCUT2D eigenvalue weighted by Crippen LogP contribution is -2.48. The van der Waals surface area contributed by atoms with Gasteiger partial charge in [-0.25, -0.2) is 4.39 Å². The second-order valence-corrected chi connectivity index (χ2v) is 7.60. The van der Waals surface area contributed by atoms with Crippen LogP contribution in [0.3, 0.4) is 0 Å². The molecule has 0 radical (unpaired) electrons. The number of halogens is 1. The van der Waals surface area contributed by atoms with Crippen LogP contribution in [0.15, 0.2) is 53.1 Å². The van der Waals surface area contributed by atoms with Gasteiger partial charge in [-0.3, -0.25) is 9.69 Å². The highest BCUT2D eigenvalue weighted by molar-refractivity contribution is 5.76. The third-order valence-corrected chi connectivity index (χ3v) is 5.50. The number of amides is 1. The van der Waals surface area contributed by atoms with Crippen LogP contribution in [0.4, 0.5) is 4.39 Å². The average molecular weight is 408 g/mol. The fourth-order valence-corrected chi connectivity index (χ4v) is 3.63. The normalized spacial score (nSPS) is 14.8. The first-order valence-corrected chi connectivity index (χ1v) is 10.2. The van der Waals surface area contributed by atoms with E-state index in [1.165, 1.54) is 23.3 Å². The van der Waals surface area contributed by atoms with E-state index in [-0.39, 0.29) is 11.7 Å². The van der Waals surface area contributed by atoms with E-state index in [2.05, 4.69) is 46.2 Å². The molecule has 4 rings (SSSR count). The van der Waals surface area contributed by atoms with Crippen molar-refractivity contribution in [2.45, 2.75) is 26.3 Å². The monoisotopic (exact) mass is 408 g/mol. The summed E-state index contributed by atoms with van der Waals surface area (Å²) in [6, 6.07) is 14.3. The molecule has 0 spiro atoms. The van der Waals surface area contributed by atoms with Gasteiger partial charge in [-0.15, -0.1) is 0 Å². The summed E-state index contributed by atoms with van der Waals surface area (Å²) in [5.41, 5.74) is 3.32. The molecule has 1 aliphatic heterocycles. The predicted octanol–water partition coefficient (Wildman–Crippen LogP) is 3.46. The van der Waals surface area contributed by atoms with E-state index in [1.54, 1.807) is 12.1 Å². The molecule has 7 heteroatoms. The molecule has 2 aromatic carbocycles. The van der Waals surface area contributed by atoms with E-state index in [4.69, 9.17) is 4.52 Å². The van der Waals surface area contributed by atoms with Gasteiger partial charge < -0.3 is 9.42 Å². The Morgan fingerprint density at radius 3 is 2.53 bits per heavy atom. The lowest BCUT2D eigenvalue weighted by molar-refractivity contribution is -0.133. The standard InChI is InChI=1S/C23H25FN4O2/c1-17-4-2-3-5-19(17)16-27-12-14-28(15-13-27)22(29)11-10-21-25-23(26-30-21)18-6-8-20(24)9-7-18/h2-9H,10-16H2,1H3. The molecule has 3 aromatic rings. The number of carbonyl (C=O) groups excluding carboxylic acids is 1. The maximum atomic E-state index is 13.0. The van der Waals surface area contributed by atoms with Gasteiger partial charge in [0.15, 0.2) is 0 Å². The van der Waals surface area contributed by atoms with E-state index < -0.39 is 0 Å². The number of rotatable bonds is 6. The number of hydrogen-bond donors (Lipinski definition) is 0. The molecule has 1 amide bonds. The van der Waals surface area contributed by atoms with Crippen LogP contribution in [0.2, 0.25) is 0 Å². The number of aryl methyl sites for hydroxylation is 2. The number of hydrogen-bond acceptors (Lipinski definition) is 5. The zero-order valence-corrected chi connectivity index (χ0v) is 17.1. The van der Waals surface area contributed by atoms with Crippen LogP contribution in [0.1, 0.15) is 23.4 Å². The third-order valence-electron chi connectivity index (χ3n) is 5.50. The number of carbonyl (C=O) groups is 1. The van der Waals surface area contributed by atoms with Crippen LogP contribution in [-0.2, 0) is 17.8 Å². The van der Waals surface area contributed by atoms with E-state index in [0.29, 0.717) is 30.1 Å². The topological polar surface area (TPSA) is 62.5 Å². The maximum absolute atomic E-state index is 13.0. The molecular weight excluding hydrogens is 383 g/mol. The summed E-state index contributed by atoms with van der Waals surface area (Å²) < 4.78 is 18.3. The highest BCUT2D eigenvalue weighted by Gasteiger charge is 2.22. The second kappa shape index (κ2) is 9.17. The lowest BCUT2D eigenvalue weighted by Gasteiger charge is -2.35. The van der Waals surface area contributed by atoms with Crippen molar-refractivity contribution in [1.29, 1.82) is 0 Å². The van der Waals surface area contributed by atoms with Crippen LogP contribution in [0, 0.1) is 12.7 Å². The quantitative estimate of drug-likeness (QED) is 0.625. The van der Waals surface area contributed by atoms with Gasteiger partial charge in [0.2, 0.25) is 17.6 Å². The minimum Gasteiger partial charge on any atom is -0.340 e. The Balaban J connectivity index is 1.24. The molecule has 0 bridgehead atoms. The number of nitrogens with zero attached hydrogens (tertiary/aromatic N) is 4. The van der Waals surface area contributed by atoms with Gasteiger partial charge in [-0.2, -0.15) is 4.98 Å². The fourth-order valence-electron chi connectivity index (χ4n) is 3.63. The van der Waals surface area contributed by atoms with E-state index >= 15 is 0 Å². The molecule has 1 aliphatic rings. The average Bonchev–Trinajstić information content (AvgIpc) is 3.24. The Hall–Kier alpha value is -3.06. The van der Waals surface area contributed by atoms with Crippen molar-refractivity contribution in [3.05, 3.63) is 71.4 Å². The summed E-state index contributed by atoms with van der Waals surface area (Å²) in [6.07, 6.45) is 0.735. The molecule has 0 atom stereocenters. The highest BCUT2D eigenvalue weighted by Crippen LogP contribution is 2.17. The first-order valence-electron chi connectivity index (χ1n) is 10.2. The van der Waals surface area contributed by atoms with Crippen molar-refractivity contribution in [2.75, 3.05) is 26.2 Å². The Kier molecular flexibility index (Phi) is 6.18. The molecule has 30 heavy (non-hydrogen) atoms. The minimum absolute atomic E-state index is 0.104. The highest BCUT2D eigenvalue weighted by atomic mass is 19.1. The number of aromatic nitrogens is 2. The van der Waals surface area contributed by atoms with E-state index in [9.17, 15) is 9.18 Å². The molecule has 6 nitrogen and oxygen atoms in total. The molecule has 1 fully saturated rings. The molecule has 1 saturated heterocycles. The van der Waals surface area contributed by atoms with Gasteiger partial charge in [-0.1, -0.05) is 29.4 Å². The number of benzene rings is 2. The molecule has 0 N–H and O–H groups in total. The van der Waals surface area contributed by atoms with Crippen molar-refractivity contribution < 1.29 is 13.7 Å². The van der Waals surface area contributed by atoms with Gasteiger partial charge in [-0.05, 0) is 42.3 Å². The third kappa shape index (κ3) is 4.91. The predicted molar refractivity (Wildman–Crippen MR) is 111 cm³/mol. The Bertz CT molecular complexity index is 994. The Morgan fingerprint density at radius 2 is 1.80 bits per heavy atom. The molecule has 0 aliphatic carbocycles. The second-order valence-electron chi connectivity index (χ2n) is 7.60. The number of piperazine rings is 1. The van der Waals surface area contributed by atoms with Crippen LogP contribution in [0.5, 0.6) is 0 Å². The van der Waals surface area contributed by atoms with Crippen molar-refractivity contribution in [3.63, 3.8) is 0 Å². The van der Waals surface area contributed by atoms with Gasteiger partial charge in [0.1, 0.15) is 5.82 Å². The zero-order chi connectivity index (χ0) is 20.9. The van der Waals surface area contributed by atoms with Gasteiger partial charge in [0.05, 0.1) is 0 Å². The fraction of sp³-hybridized carbons (Fsp3) is 0.348. The maximum Gasteiger partial charge on any atom is 0.227 e. The summed E-state index contributed by atoms with van der Waals surface area (Å²) in [6.45, 7) is 6.26. The van der Waals surface area contributed by atoms with Gasteiger partial charge in [0, 0.05) is 51.1 Å². The molecule has 0 saturated carbocycles. The Labute approximate surface area is 175 Å².